The second kappa shape index (κ2) is 10.2. The highest BCUT2D eigenvalue weighted by atomic mass is 32.2. The number of hydrogen-bond acceptors (Lipinski definition) is 8. The Morgan fingerprint density at radius 2 is 2.16 bits per heavy atom. The van der Waals surface area contributed by atoms with Gasteiger partial charge in [0.05, 0.1) is 16.6 Å². The van der Waals surface area contributed by atoms with Gasteiger partial charge in [-0.1, -0.05) is 30.0 Å². The van der Waals surface area contributed by atoms with Crippen LogP contribution in [0.4, 0.5) is 5.82 Å². The van der Waals surface area contributed by atoms with Crippen LogP contribution < -0.4 is 10.9 Å². The minimum absolute atomic E-state index is 0.129. The van der Waals surface area contributed by atoms with Gasteiger partial charge in [-0.2, -0.15) is 0 Å². The Labute approximate surface area is 194 Å². The van der Waals surface area contributed by atoms with Crippen molar-refractivity contribution in [2.45, 2.75) is 33.3 Å². The van der Waals surface area contributed by atoms with E-state index in [1.807, 2.05) is 26.8 Å². The summed E-state index contributed by atoms with van der Waals surface area (Å²) in [7, 11) is 0. The lowest BCUT2D eigenvalue weighted by atomic mass is 10.2. The van der Waals surface area contributed by atoms with Gasteiger partial charge in [0.15, 0.2) is 0 Å². The molecule has 170 valence electrons. The van der Waals surface area contributed by atoms with E-state index in [-0.39, 0.29) is 26.5 Å². The van der Waals surface area contributed by atoms with Crippen molar-refractivity contribution in [3.8, 4) is 0 Å². The number of carboxylic acids is 1. The molecule has 1 aliphatic rings. The van der Waals surface area contributed by atoms with E-state index in [1.165, 1.54) is 10.5 Å². The van der Waals surface area contributed by atoms with Crippen molar-refractivity contribution in [3.05, 3.63) is 44.7 Å². The molecule has 1 amide bonds. The summed E-state index contributed by atoms with van der Waals surface area (Å²) in [4.78, 5) is 42.8. The molecule has 9 nitrogen and oxygen atoms in total. The number of carbonyl (C=O) groups is 2. The number of carboxylic acid groups (broad SMARTS) is 1. The van der Waals surface area contributed by atoms with Crippen molar-refractivity contribution >= 4 is 57.7 Å². The number of nitrogens with one attached hydrogen (secondary N) is 1. The van der Waals surface area contributed by atoms with E-state index in [2.05, 4.69) is 10.3 Å². The first-order valence-electron chi connectivity index (χ1n) is 10.0. The van der Waals surface area contributed by atoms with Crippen LogP contribution >= 0.6 is 24.0 Å². The van der Waals surface area contributed by atoms with Gasteiger partial charge in [-0.3, -0.25) is 23.7 Å². The summed E-state index contributed by atoms with van der Waals surface area (Å²) in [5.41, 5.74) is 1.20. The van der Waals surface area contributed by atoms with Gasteiger partial charge in [0.25, 0.3) is 11.5 Å². The number of anilines is 1. The van der Waals surface area contributed by atoms with E-state index in [0.717, 1.165) is 22.2 Å². The Morgan fingerprint density at radius 1 is 1.41 bits per heavy atom. The van der Waals surface area contributed by atoms with E-state index < -0.39 is 18.4 Å². The maximum Gasteiger partial charge on any atom is 0.323 e. The third-order valence-electron chi connectivity index (χ3n) is 4.59. The lowest BCUT2D eigenvalue weighted by Crippen LogP contribution is -2.33. The third-order valence-corrected chi connectivity index (χ3v) is 5.97. The standard InChI is InChI=1S/C21H24N4O5S2/c1-12(2)30-9-5-7-22-17-14(19(28)24-8-4-6-13(3)18(24)23-17)10-15-20(29)25(11-16(26)27)21(31)32-15/h4,6,8,10,12,22H,5,7,9,11H2,1-3H3,(H,26,27)/b15-10+. The molecule has 2 aromatic rings. The van der Waals surface area contributed by atoms with E-state index in [4.69, 9.17) is 22.1 Å². The normalized spacial score (nSPS) is 15.4. The number of pyridine rings is 1. The molecule has 0 radical (unpaired) electrons. The molecular weight excluding hydrogens is 452 g/mol. The number of nitrogens with zero attached hydrogens (tertiary/aromatic N) is 3. The van der Waals surface area contributed by atoms with Gasteiger partial charge in [0.1, 0.15) is 22.3 Å². The van der Waals surface area contributed by atoms with Crippen LogP contribution in [0.3, 0.4) is 0 Å². The first kappa shape index (κ1) is 23.9. The van der Waals surface area contributed by atoms with Gasteiger partial charge in [-0.25, -0.2) is 4.98 Å². The number of aromatic nitrogens is 2. The van der Waals surface area contributed by atoms with Crippen molar-refractivity contribution < 1.29 is 19.4 Å². The number of hydrogen-bond donors (Lipinski definition) is 2. The predicted octanol–water partition coefficient (Wildman–Crippen LogP) is 2.52. The maximum absolute atomic E-state index is 13.3. The molecule has 0 unspecified atom stereocenters. The first-order valence-corrected chi connectivity index (χ1v) is 11.3. The summed E-state index contributed by atoms with van der Waals surface area (Å²) in [5, 5.41) is 12.2. The summed E-state index contributed by atoms with van der Waals surface area (Å²) < 4.78 is 7.10. The topological polar surface area (TPSA) is 113 Å². The highest BCUT2D eigenvalue weighted by Crippen LogP contribution is 2.32. The number of aryl methyl sites for hydroxylation is 1. The summed E-state index contributed by atoms with van der Waals surface area (Å²) in [6, 6.07) is 3.61. The molecule has 1 fully saturated rings. The molecule has 0 saturated carbocycles. The van der Waals surface area contributed by atoms with Crippen molar-refractivity contribution in [2.24, 2.45) is 0 Å². The lowest BCUT2D eigenvalue weighted by molar-refractivity contribution is -0.140. The highest BCUT2D eigenvalue weighted by molar-refractivity contribution is 8.26. The van der Waals surface area contributed by atoms with E-state index in [1.54, 1.807) is 12.3 Å². The van der Waals surface area contributed by atoms with Gasteiger partial charge < -0.3 is 15.2 Å². The van der Waals surface area contributed by atoms with Crippen molar-refractivity contribution in [2.75, 3.05) is 25.0 Å². The van der Waals surface area contributed by atoms with Crippen LogP contribution in [0, 0.1) is 6.92 Å². The zero-order chi connectivity index (χ0) is 23.4. The fraction of sp³-hybridized carbons (Fsp3) is 0.381. The number of rotatable bonds is 9. The van der Waals surface area contributed by atoms with Crippen LogP contribution in [0.2, 0.25) is 0 Å². The smallest absolute Gasteiger partial charge is 0.323 e. The fourth-order valence-electron chi connectivity index (χ4n) is 3.08. The SMILES string of the molecule is Cc1cccn2c(=O)c(/C=C3/SC(=S)N(CC(=O)O)C3=O)c(NCCCOC(C)C)nc12. The summed E-state index contributed by atoms with van der Waals surface area (Å²) in [5.74, 6) is -1.37. The third kappa shape index (κ3) is 5.34. The minimum Gasteiger partial charge on any atom is -0.480 e. The number of fused-ring (bicyclic) bond motifs is 1. The maximum atomic E-state index is 13.3. The van der Waals surface area contributed by atoms with Crippen LogP contribution in [0.1, 0.15) is 31.4 Å². The average Bonchev–Trinajstić information content (AvgIpc) is 2.98. The van der Waals surface area contributed by atoms with Crippen molar-refractivity contribution in [1.29, 1.82) is 0 Å². The summed E-state index contributed by atoms with van der Waals surface area (Å²) >= 11 is 6.11. The van der Waals surface area contributed by atoms with Gasteiger partial charge in [-0.05, 0) is 44.9 Å². The average molecular weight is 477 g/mol. The summed E-state index contributed by atoms with van der Waals surface area (Å²) in [6.07, 6.45) is 3.88. The van der Waals surface area contributed by atoms with Crippen LogP contribution in [0.25, 0.3) is 11.7 Å². The Bertz CT molecular complexity index is 1160. The molecule has 0 aliphatic carbocycles. The molecule has 2 aromatic heterocycles. The van der Waals surface area contributed by atoms with Gasteiger partial charge in [0.2, 0.25) is 0 Å². The van der Waals surface area contributed by atoms with E-state index in [9.17, 15) is 14.4 Å². The molecule has 0 bridgehead atoms. The molecule has 0 atom stereocenters. The molecule has 3 rings (SSSR count). The molecule has 3 heterocycles. The van der Waals surface area contributed by atoms with E-state index >= 15 is 0 Å². The molecule has 0 spiro atoms. The Kier molecular flexibility index (Phi) is 7.64. The second-order valence-corrected chi connectivity index (χ2v) is 9.10. The van der Waals surface area contributed by atoms with Gasteiger partial charge in [0, 0.05) is 19.3 Å². The monoisotopic (exact) mass is 476 g/mol. The molecule has 32 heavy (non-hydrogen) atoms. The number of carbonyl (C=O) groups excluding carboxylic acids is 1. The Balaban J connectivity index is 1.99. The number of aliphatic carboxylic acids is 1. The Hall–Kier alpha value is -2.76. The van der Waals surface area contributed by atoms with E-state index in [0.29, 0.717) is 31.0 Å². The largest absolute Gasteiger partial charge is 0.480 e. The fourth-order valence-corrected chi connectivity index (χ4v) is 4.31. The number of thioether (sulfide) groups is 1. The second-order valence-electron chi connectivity index (χ2n) is 7.43. The number of ether oxygens (including phenoxy) is 1. The molecule has 0 aromatic carbocycles. The molecule has 1 saturated heterocycles. The molecule has 1 aliphatic heterocycles. The minimum atomic E-state index is -1.17. The first-order chi connectivity index (χ1) is 15.2. The highest BCUT2D eigenvalue weighted by Gasteiger charge is 2.34. The predicted molar refractivity (Wildman–Crippen MR) is 128 cm³/mol. The zero-order valence-electron chi connectivity index (χ0n) is 18.0. The van der Waals surface area contributed by atoms with Crippen molar-refractivity contribution in [3.63, 3.8) is 0 Å². The number of amides is 1. The van der Waals surface area contributed by atoms with Crippen LogP contribution in [0.5, 0.6) is 0 Å². The molecular formula is C21H24N4O5S2. The van der Waals surface area contributed by atoms with Crippen molar-refractivity contribution in [1.82, 2.24) is 14.3 Å². The van der Waals surface area contributed by atoms with Crippen LogP contribution in [0.15, 0.2) is 28.0 Å². The Morgan fingerprint density at radius 3 is 2.84 bits per heavy atom. The van der Waals surface area contributed by atoms with Gasteiger partial charge in [-0.15, -0.1) is 0 Å². The number of thiocarbonyl (C=S) groups is 1. The molecule has 2 N–H and O–H groups in total. The van der Waals surface area contributed by atoms with Gasteiger partial charge >= 0.3 is 5.97 Å². The van der Waals surface area contributed by atoms with Crippen LogP contribution in [-0.4, -0.2) is 61.4 Å². The lowest BCUT2D eigenvalue weighted by Gasteiger charge is -2.13. The van der Waals surface area contributed by atoms with Crippen LogP contribution in [-0.2, 0) is 14.3 Å². The quantitative estimate of drug-likeness (QED) is 0.320. The summed E-state index contributed by atoms with van der Waals surface area (Å²) in [6.45, 7) is 6.32. The molecule has 11 heteroatoms. The zero-order valence-corrected chi connectivity index (χ0v) is 19.6.